The summed E-state index contributed by atoms with van der Waals surface area (Å²) >= 11 is 0. The fourth-order valence-corrected chi connectivity index (χ4v) is 3.15. The summed E-state index contributed by atoms with van der Waals surface area (Å²) in [5.74, 6) is 1.66. The molecule has 0 heterocycles. The largest absolute Gasteiger partial charge is 0.457 e. The number of anilines is 1. The van der Waals surface area contributed by atoms with Gasteiger partial charge in [0, 0.05) is 11.7 Å². The SMILES string of the molecule is Cc1cccc(Oc2ccc(N[C@@H](C)C(=O)NC3CCCC3)cc2)c1. The zero-order chi connectivity index (χ0) is 17.6. The van der Waals surface area contributed by atoms with Crippen molar-refractivity contribution in [1.82, 2.24) is 5.32 Å². The van der Waals surface area contributed by atoms with E-state index in [2.05, 4.69) is 10.6 Å². The van der Waals surface area contributed by atoms with Gasteiger partial charge in [-0.3, -0.25) is 4.79 Å². The molecule has 0 spiro atoms. The number of carbonyl (C=O) groups excluding carboxylic acids is 1. The number of ether oxygens (including phenoxy) is 1. The van der Waals surface area contributed by atoms with E-state index in [1.54, 1.807) is 0 Å². The van der Waals surface area contributed by atoms with Crippen LogP contribution >= 0.6 is 0 Å². The number of benzene rings is 2. The first-order valence-corrected chi connectivity index (χ1v) is 9.01. The Kier molecular flexibility index (Phi) is 5.59. The number of amides is 1. The minimum Gasteiger partial charge on any atom is -0.457 e. The Labute approximate surface area is 149 Å². The first-order valence-electron chi connectivity index (χ1n) is 9.01. The molecule has 1 atom stereocenters. The van der Waals surface area contributed by atoms with Gasteiger partial charge in [-0.05, 0) is 68.7 Å². The molecule has 1 aliphatic carbocycles. The average Bonchev–Trinajstić information content (AvgIpc) is 3.09. The van der Waals surface area contributed by atoms with Crippen LogP contribution in [0.5, 0.6) is 11.5 Å². The Morgan fingerprint density at radius 1 is 1.08 bits per heavy atom. The number of rotatable bonds is 6. The van der Waals surface area contributed by atoms with Crippen molar-refractivity contribution in [3.63, 3.8) is 0 Å². The van der Waals surface area contributed by atoms with Gasteiger partial charge in [-0.2, -0.15) is 0 Å². The van der Waals surface area contributed by atoms with Crippen LogP contribution < -0.4 is 15.4 Å². The quantitative estimate of drug-likeness (QED) is 0.806. The van der Waals surface area contributed by atoms with Crippen LogP contribution in [-0.2, 0) is 4.79 Å². The van der Waals surface area contributed by atoms with Gasteiger partial charge in [-0.25, -0.2) is 0 Å². The highest BCUT2D eigenvalue weighted by atomic mass is 16.5. The molecule has 0 radical (unpaired) electrons. The number of carbonyl (C=O) groups is 1. The molecule has 0 aliphatic heterocycles. The maximum atomic E-state index is 12.2. The van der Waals surface area contributed by atoms with Crippen LogP contribution in [0.15, 0.2) is 48.5 Å². The maximum Gasteiger partial charge on any atom is 0.242 e. The molecule has 4 nitrogen and oxygen atoms in total. The van der Waals surface area contributed by atoms with Gasteiger partial charge in [0.15, 0.2) is 0 Å². The second-order valence-corrected chi connectivity index (χ2v) is 6.80. The molecule has 2 N–H and O–H groups in total. The van der Waals surface area contributed by atoms with Crippen molar-refractivity contribution in [3.05, 3.63) is 54.1 Å². The molecule has 1 amide bonds. The van der Waals surface area contributed by atoms with Crippen molar-refractivity contribution in [2.45, 2.75) is 51.6 Å². The highest BCUT2D eigenvalue weighted by molar-refractivity contribution is 5.84. The third kappa shape index (κ3) is 4.99. The van der Waals surface area contributed by atoms with Crippen LogP contribution in [0, 0.1) is 6.92 Å². The summed E-state index contributed by atoms with van der Waals surface area (Å²) in [7, 11) is 0. The van der Waals surface area contributed by atoms with Crippen LogP contribution in [0.2, 0.25) is 0 Å². The third-order valence-corrected chi connectivity index (χ3v) is 4.56. The third-order valence-electron chi connectivity index (χ3n) is 4.56. The Morgan fingerprint density at radius 3 is 2.48 bits per heavy atom. The van der Waals surface area contributed by atoms with Gasteiger partial charge in [0.25, 0.3) is 0 Å². The Bertz CT molecular complexity index is 706. The molecule has 25 heavy (non-hydrogen) atoms. The van der Waals surface area contributed by atoms with E-state index in [4.69, 9.17) is 4.74 Å². The molecule has 2 aromatic carbocycles. The minimum absolute atomic E-state index is 0.0620. The molecule has 0 saturated heterocycles. The summed E-state index contributed by atoms with van der Waals surface area (Å²) < 4.78 is 5.85. The van der Waals surface area contributed by atoms with Gasteiger partial charge in [-0.1, -0.05) is 25.0 Å². The van der Waals surface area contributed by atoms with E-state index in [-0.39, 0.29) is 11.9 Å². The van der Waals surface area contributed by atoms with Crippen molar-refractivity contribution in [1.29, 1.82) is 0 Å². The molecule has 0 unspecified atom stereocenters. The lowest BCUT2D eigenvalue weighted by atomic mass is 10.2. The minimum atomic E-state index is -0.260. The van der Waals surface area contributed by atoms with Crippen molar-refractivity contribution >= 4 is 11.6 Å². The van der Waals surface area contributed by atoms with Gasteiger partial charge in [0.05, 0.1) is 0 Å². The summed E-state index contributed by atoms with van der Waals surface area (Å²) in [5.41, 5.74) is 2.07. The van der Waals surface area contributed by atoms with Crippen molar-refractivity contribution in [2.24, 2.45) is 0 Å². The standard InChI is InChI=1S/C21H26N2O2/c1-15-6-5-9-20(14-15)25-19-12-10-18(11-13-19)22-16(2)21(24)23-17-7-3-4-8-17/h5-6,9-14,16-17,22H,3-4,7-8H2,1-2H3,(H,23,24)/t16-/m0/s1. The van der Waals surface area contributed by atoms with Gasteiger partial charge < -0.3 is 15.4 Å². The van der Waals surface area contributed by atoms with Crippen LogP contribution in [-0.4, -0.2) is 18.0 Å². The molecule has 4 heteroatoms. The molecule has 1 fully saturated rings. The van der Waals surface area contributed by atoms with Crippen molar-refractivity contribution < 1.29 is 9.53 Å². The van der Waals surface area contributed by atoms with E-state index in [0.717, 1.165) is 35.6 Å². The Balaban J connectivity index is 1.53. The van der Waals surface area contributed by atoms with Gasteiger partial charge in [0.1, 0.15) is 17.5 Å². The predicted molar refractivity (Wildman–Crippen MR) is 101 cm³/mol. The molecular formula is C21H26N2O2. The molecular weight excluding hydrogens is 312 g/mol. The number of hydrogen-bond acceptors (Lipinski definition) is 3. The van der Waals surface area contributed by atoms with Gasteiger partial charge in [-0.15, -0.1) is 0 Å². The smallest absolute Gasteiger partial charge is 0.242 e. The fourth-order valence-electron chi connectivity index (χ4n) is 3.15. The van der Waals surface area contributed by atoms with Crippen LogP contribution in [0.3, 0.4) is 0 Å². The lowest BCUT2D eigenvalue weighted by molar-refractivity contribution is -0.122. The van der Waals surface area contributed by atoms with E-state index >= 15 is 0 Å². The van der Waals surface area contributed by atoms with Crippen LogP contribution in [0.1, 0.15) is 38.2 Å². The van der Waals surface area contributed by atoms with Gasteiger partial charge in [0.2, 0.25) is 5.91 Å². The van der Waals surface area contributed by atoms with E-state index in [0.29, 0.717) is 6.04 Å². The number of hydrogen-bond donors (Lipinski definition) is 2. The monoisotopic (exact) mass is 338 g/mol. The van der Waals surface area contributed by atoms with Crippen LogP contribution in [0.25, 0.3) is 0 Å². The zero-order valence-corrected chi connectivity index (χ0v) is 14.9. The first kappa shape index (κ1) is 17.3. The number of nitrogens with one attached hydrogen (secondary N) is 2. The molecule has 0 aromatic heterocycles. The lowest BCUT2D eigenvalue weighted by Gasteiger charge is -2.18. The Morgan fingerprint density at radius 2 is 1.80 bits per heavy atom. The van der Waals surface area contributed by atoms with E-state index in [9.17, 15) is 4.79 Å². The summed E-state index contributed by atoms with van der Waals surface area (Å²) in [4.78, 5) is 12.2. The van der Waals surface area contributed by atoms with Crippen molar-refractivity contribution in [3.8, 4) is 11.5 Å². The summed E-state index contributed by atoms with van der Waals surface area (Å²) in [6.07, 6.45) is 4.64. The normalized spacial score (nSPS) is 15.6. The molecule has 0 bridgehead atoms. The average molecular weight is 338 g/mol. The van der Waals surface area contributed by atoms with E-state index < -0.39 is 0 Å². The van der Waals surface area contributed by atoms with Gasteiger partial charge >= 0.3 is 0 Å². The molecule has 2 aromatic rings. The van der Waals surface area contributed by atoms with E-state index in [1.807, 2.05) is 62.4 Å². The topological polar surface area (TPSA) is 50.4 Å². The molecule has 132 valence electrons. The summed E-state index contributed by atoms with van der Waals surface area (Å²) in [5, 5.41) is 6.37. The lowest BCUT2D eigenvalue weighted by Crippen LogP contribution is -2.42. The zero-order valence-electron chi connectivity index (χ0n) is 14.9. The Hall–Kier alpha value is -2.49. The second kappa shape index (κ2) is 8.06. The van der Waals surface area contributed by atoms with Crippen LogP contribution in [0.4, 0.5) is 5.69 Å². The molecule has 1 aliphatic rings. The molecule has 1 saturated carbocycles. The fraction of sp³-hybridized carbons (Fsp3) is 0.381. The summed E-state index contributed by atoms with van der Waals surface area (Å²) in [6.45, 7) is 3.93. The highest BCUT2D eigenvalue weighted by Crippen LogP contribution is 2.24. The summed E-state index contributed by atoms with van der Waals surface area (Å²) in [6, 6.07) is 15.7. The first-order chi connectivity index (χ1) is 12.1. The van der Waals surface area contributed by atoms with Crippen molar-refractivity contribution in [2.75, 3.05) is 5.32 Å². The number of aryl methyl sites for hydroxylation is 1. The predicted octanol–water partition coefficient (Wildman–Crippen LogP) is 4.65. The highest BCUT2D eigenvalue weighted by Gasteiger charge is 2.20. The van der Waals surface area contributed by atoms with E-state index in [1.165, 1.54) is 12.8 Å². The molecule has 3 rings (SSSR count). The maximum absolute atomic E-state index is 12.2. The second-order valence-electron chi connectivity index (χ2n) is 6.80.